The lowest BCUT2D eigenvalue weighted by Crippen LogP contribution is -2.44. The Labute approximate surface area is 196 Å². The van der Waals surface area contributed by atoms with Gasteiger partial charge < -0.3 is 20.1 Å². The first kappa shape index (κ1) is 21.8. The molecule has 33 heavy (non-hydrogen) atoms. The molecule has 1 saturated carbocycles. The lowest BCUT2D eigenvalue weighted by Gasteiger charge is -2.24. The summed E-state index contributed by atoms with van der Waals surface area (Å²) >= 11 is 1.46. The second kappa shape index (κ2) is 9.09. The molecule has 0 spiro atoms. The van der Waals surface area contributed by atoms with Crippen LogP contribution in [0.1, 0.15) is 36.3 Å². The molecule has 2 fully saturated rings. The number of benzene rings is 2. The van der Waals surface area contributed by atoms with E-state index >= 15 is 0 Å². The van der Waals surface area contributed by atoms with E-state index in [1.54, 1.807) is 0 Å². The third kappa shape index (κ3) is 4.19. The zero-order valence-electron chi connectivity index (χ0n) is 18.1. The first-order valence-electron chi connectivity index (χ1n) is 11.3. The average molecular weight is 467 g/mol. The van der Waals surface area contributed by atoms with Crippen LogP contribution < -0.4 is 5.32 Å². The molecule has 172 valence electrons. The maximum Gasteiger partial charge on any atom is 0.407 e. The van der Waals surface area contributed by atoms with Crippen molar-refractivity contribution < 1.29 is 24.2 Å². The molecule has 1 saturated heterocycles. The number of hydrogen-bond donors (Lipinski definition) is 2. The second-order valence-corrected chi connectivity index (χ2v) is 9.84. The normalized spacial score (nSPS) is 23.8. The third-order valence-electron chi connectivity index (χ3n) is 6.90. The average Bonchev–Trinajstić information content (AvgIpc) is 3.55. The highest BCUT2D eigenvalue weighted by Crippen LogP contribution is 2.44. The van der Waals surface area contributed by atoms with E-state index in [0.717, 1.165) is 11.1 Å². The van der Waals surface area contributed by atoms with Crippen molar-refractivity contribution in [3.8, 4) is 11.1 Å². The molecule has 0 radical (unpaired) electrons. The second-order valence-electron chi connectivity index (χ2n) is 8.84. The van der Waals surface area contributed by atoms with Gasteiger partial charge in [-0.3, -0.25) is 4.79 Å². The Morgan fingerprint density at radius 2 is 1.70 bits per heavy atom. The number of carboxylic acids is 1. The summed E-state index contributed by atoms with van der Waals surface area (Å²) in [4.78, 5) is 38.2. The predicted octanol–water partition coefficient (Wildman–Crippen LogP) is 3.68. The number of fused-ring (bicyclic) bond motifs is 3. The number of carboxylic acid groups (broad SMARTS) is 1. The Kier molecular flexibility index (Phi) is 6.01. The van der Waals surface area contributed by atoms with Crippen molar-refractivity contribution in [3.63, 3.8) is 0 Å². The molecule has 7 nitrogen and oxygen atoms in total. The van der Waals surface area contributed by atoms with Crippen LogP contribution in [0.2, 0.25) is 0 Å². The number of carbonyl (C=O) groups excluding carboxylic acids is 2. The van der Waals surface area contributed by atoms with E-state index in [9.17, 15) is 19.5 Å². The van der Waals surface area contributed by atoms with Gasteiger partial charge in [-0.1, -0.05) is 48.5 Å². The molecule has 2 aliphatic carbocycles. The maximum absolute atomic E-state index is 12.8. The van der Waals surface area contributed by atoms with Gasteiger partial charge in [0.05, 0.1) is 5.88 Å². The number of thioether (sulfide) groups is 1. The van der Waals surface area contributed by atoms with E-state index in [4.69, 9.17) is 4.74 Å². The van der Waals surface area contributed by atoms with Gasteiger partial charge in [-0.15, -0.1) is 11.8 Å². The minimum Gasteiger partial charge on any atom is -0.480 e. The predicted molar refractivity (Wildman–Crippen MR) is 125 cm³/mol. The van der Waals surface area contributed by atoms with E-state index in [0.29, 0.717) is 30.9 Å². The lowest BCUT2D eigenvalue weighted by molar-refractivity contribution is -0.149. The van der Waals surface area contributed by atoms with Crippen molar-refractivity contribution in [1.82, 2.24) is 10.2 Å². The summed E-state index contributed by atoms with van der Waals surface area (Å²) in [6.45, 7) is 0.250. The van der Waals surface area contributed by atoms with Gasteiger partial charge in [0.25, 0.3) is 0 Å². The SMILES string of the molecule is O=C(N[C@H]1CC[C@@H](C(=O)N2CSC[C@H]2C(=O)O)C1)OCC1c2ccccc2-c2ccccc21. The molecule has 0 aromatic heterocycles. The van der Waals surface area contributed by atoms with Gasteiger partial charge >= 0.3 is 12.1 Å². The van der Waals surface area contributed by atoms with E-state index in [-0.39, 0.29) is 30.4 Å². The number of carbonyl (C=O) groups is 3. The van der Waals surface area contributed by atoms with Crippen molar-refractivity contribution >= 4 is 29.7 Å². The van der Waals surface area contributed by atoms with Gasteiger partial charge in [-0.25, -0.2) is 9.59 Å². The summed E-state index contributed by atoms with van der Waals surface area (Å²) in [5.41, 5.74) is 4.68. The van der Waals surface area contributed by atoms with Crippen LogP contribution in [0.4, 0.5) is 4.79 Å². The summed E-state index contributed by atoms with van der Waals surface area (Å²) in [6, 6.07) is 15.5. The maximum atomic E-state index is 12.8. The Morgan fingerprint density at radius 3 is 2.36 bits per heavy atom. The molecule has 5 rings (SSSR count). The summed E-state index contributed by atoms with van der Waals surface area (Å²) < 4.78 is 5.62. The van der Waals surface area contributed by atoms with Crippen molar-refractivity contribution in [1.29, 1.82) is 0 Å². The summed E-state index contributed by atoms with van der Waals surface area (Å²) in [5.74, 6) is -0.499. The Bertz CT molecular complexity index is 1040. The minimum absolute atomic E-state index is 0.00155. The number of nitrogens with zero attached hydrogens (tertiary/aromatic N) is 1. The van der Waals surface area contributed by atoms with Gasteiger partial charge in [-0.2, -0.15) is 0 Å². The van der Waals surface area contributed by atoms with Crippen LogP contribution in [-0.4, -0.2) is 58.3 Å². The molecular formula is C25H26N2O5S. The molecule has 2 amide bonds. The fourth-order valence-corrected chi connectivity index (χ4v) is 6.40. The van der Waals surface area contributed by atoms with Crippen LogP contribution in [-0.2, 0) is 14.3 Å². The molecule has 3 atom stereocenters. The third-order valence-corrected chi connectivity index (χ3v) is 7.91. The number of rotatable bonds is 5. The van der Waals surface area contributed by atoms with Gasteiger partial charge in [0.2, 0.25) is 5.91 Å². The summed E-state index contributed by atoms with van der Waals surface area (Å²) in [6.07, 6.45) is 1.35. The largest absolute Gasteiger partial charge is 0.480 e. The first-order chi connectivity index (χ1) is 16.0. The van der Waals surface area contributed by atoms with Crippen molar-refractivity contribution in [2.75, 3.05) is 18.2 Å². The van der Waals surface area contributed by atoms with Crippen molar-refractivity contribution in [3.05, 3.63) is 59.7 Å². The van der Waals surface area contributed by atoms with Gasteiger partial charge in [0.15, 0.2) is 0 Å². The zero-order chi connectivity index (χ0) is 22.9. The Balaban J connectivity index is 1.16. The van der Waals surface area contributed by atoms with Crippen molar-refractivity contribution in [2.45, 2.75) is 37.3 Å². The standard InChI is InChI=1S/C25H26N2O5S/c28-23(27-14-33-13-22(27)24(29)30)15-9-10-16(11-15)26-25(31)32-12-21-19-7-3-1-5-17(19)18-6-2-4-8-20(18)21/h1-8,15-16,21-22H,9-14H2,(H,26,31)(H,29,30)/t15-,16+,22+/m1/s1. The highest BCUT2D eigenvalue weighted by molar-refractivity contribution is 7.99. The molecule has 1 heterocycles. The minimum atomic E-state index is -0.959. The number of amides is 2. The summed E-state index contributed by atoms with van der Waals surface area (Å²) in [5, 5.41) is 12.2. The lowest BCUT2D eigenvalue weighted by atomic mass is 9.98. The molecule has 2 aromatic carbocycles. The quantitative estimate of drug-likeness (QED) is 0.698. The van der Waals surface area contributed by atoms with E-state index in [1.807, 2.05) is 24.3 Å². The molecule has 1 aliphatic heterocycles. The molecule has 8 heteroatoms. The Morgan fingerprint density at radius 1 is 1.03 bits per heavy atom. The summed E-state index contributed by atoms with van der Waals surface area (Å²) in [7, 11) is 0. The number of aliphatic carboxylic acids is 1. The zero-order valence-corrected chi connectivity index (χ0v) is 18.9. The van der Waals surface area contributed by atoms with E-state index in [2.05, 4.69) is 29.6 Å². The van der Waals surface area contributed by atoms with Crippen LogP contribution in [0.5, 0.6) is 0 Å². The van der Waals surface area contributed by atoms with Gasteiger partial charge in [0.1, 0.15) is 12.6 Å². The molecule has 2 aromatic rings. The molecule has 2 N–H and O–H groups in total. The first-order valence-corrected chi connectivity index (χ1v) is 12.4. The van der Waals surface area contributed by atoms with Crippen LogP contribution >= 0.6 is 11.8 Å². The van der Waals surface area contributed by atoms with Crippen molar-refractivity contribution in [2.24, 2.45) is 5.92 Å². The highest BCUT2D eigenvalue weighted by atomic mass is 32.2. The van der Waals surface area contributed by atoms with Crippen LogP contribution in [0.3, 0.4) is 0 Å². The molecule has 0 bridgehead atoms. The van der Waals surface area contributed by atoms with E-state index < -0.39 is 18.1 Å². The number of alkyl carbamates (subject to hydrolysis) is 1. The molecule has 0 unspecified atom stereocenters. The number of hydrogen-bond acceptors (Lipinski definition) is 5. The topological polar surface area (TPSA) is 95.9 Å². The molecular weight excluding hydrogens is 440 g/mol. The van der Waals surface area contributed by atoms with Crippen LogP contribution in [0, 0.1) is 5.92 Å². The van der Waals surface area contributed by atoms with E-state index in [1.165, 1.54) is 27.8 Å². The number of ether oxygens (including phenoxy) is 1. The molecule has 3 aliphatic rings. The van der Waals surface area contributed by atoms with Crippen LogP contribution in [0.25, 0.3) is 11.1 Å². The monoisotopic (exact) mass is 466 g/mol. The Hall–Kier alpha value is -3.00. The number of nitrogens with one attached hydrogen (secondary N) is 1. The smallest absolute Gasteiger partial charge is 0.407 e. The van der Waals surface area contributed by atoms with Crippen LogP contribution in [0.15, 0.2) is 48.5 Å². The fraction of sp³-hybridized carbons (Fsp3) is 0.400. The van der Waals surface area contributed by atoms with Gasteiger partial charge in [-0.05, 0) is 41.5 Å². The van der Waals surface area contributed by atoms with Gasteiger partial charge in [0, 0.05) is 23.6 Å². The fourth-order valence-electron chi connectivity index (χ4n) is 5.24. The highest BCUT2D eigenvalue weighted by Gasteiger charge is 2.40.